The highest BCUT2D eigenvalue weighted by molar-refractivity contribution is 6.31. The molecule has 2 bridgehead atoms. The van der Waals surface area contributed by atoms with E-state index < -0.39 is 29.6 Å². The molecule has 4 aliphatic heterocycles. The molecule has 1 aliphatic carbocycles. The molecular weight excluding hydrogens is 544 g/mol. The number of nitrogens with one attached hydrogen (secondary N) is 2. The smallest absolute Gasteiger partial charge is 0.246 e. The number of benzene rings is 1. The van der Waals surface area contributed by atoms with E-state index in [0.29, 0.717) is 48.8 Å². The quantitative estimate of drug-likeness (QED) is 0.478. The topological polar surface area (TPSA) is 100 Å². The van der Waals surface area contributed by atoms with E-state index >= 15 is 0 Å². The number of likely N-dealkylation sites (tertiary alicyclic amines) is 1. The van der Waals surface area contributed by atoms with Crippen molar-refractivity contribution in [2.75, 3.05) is 44.7 Å². The summed E-state index contributed by atoms with van der Waals surface area (Å²) in [7, 11) is 0. The third kappa shape index (κ3) is 5.09. The van der Waals surface area contributed by atoms with E-state index in [9.17, 15) is 14.4 Å². The minimum absolute atomic E-state index is 0.0471. The molecule has 3 amide bonds. The maximum absolute atomic E-state index is 14.2. The van der Waals surface area contributed by atoms with Crippen LogP contribution in [-0.2, 0) is 23.9 Å². The predicted molar refractivity (Wildman–Crippen MR) is 155 cm³/mol. The van der Waals surface area contributed by atoms with Gasteiger partial charge in [-0.15, -0.1) is 0 Å². The summed E-state index contributed by atoms with van der Waals surface area (Å²) in [6, 6.07) is 4.57. The number of amides is 3. The van der Waals surface area contributed by atoms with Crippen molar-refractivity contribution in [2.24, 2.45) is 23.7 Å². The van der Waals surface area contributed by atoms with Gasteiger partial charge < -0.3 is 25.0 Å². The lowest BCUT2D eigenvalue weighted by molar-refractivity contribution is -0.142. The van der Waals surface area contributed by atoms with Gasteiger partial charge in [-0.1, -0.05) is 56.5 Å². The van der Waals surface area contributed by atoms with Gasteiger partial charge in [-0.2, -0.15) is 0 Å². The average Bonchev–Trinajstić information content (AvgIpc) is 3.60. The second-order valence-electron chi connectivity index (χ2n) is 12.5. The number of hydrogen-bond acceptors (Lipinski definition) is 6. The van der Waals surface area contributed by atoms with E-state index in [-0.39, 0.29) is 23.8 Å². The Hall–Kier alpha value is -2.46. The van der Waals surface area contributed by atoms with E-state index in [0.717, 1.165) is 37.9 Å². The van der Waals surface area contributed by atoms with Gasteiger partial charge in [0.15, 0.2) is 0 Å². The average molecular weight is 585 g/mol. The fourth-order valence-electron chi connectivity index (χ4n) is 7.53. The molecule has 3 saturated heterocycles. The third-order valence-electron chi connectivity index (χ3n) is 10.2. The van der Waals surface area contributed by atoms with Gasteiger partial charge in [0.25, 0.3) is 0 Å². The first-order chi connectivity index (χ1) is 19.7. The number of morpholine rings is 1. The highest BCUT2D eigenvalue weighted by atomic mass is 35.5. The number of aryl methyl sites for hydroxylation is 1. The molecule has 1 saturated carbocycles. The molecule has 9 nitrogen and oxygen atoms in total. The number of nitrogens with zero attached hydrogens (tertiary/aromatic N) is 2. The van der Waals surface area contributed by atoms with Crippen molar-refractivity contribution in [1.29, 1.82) is 0 Å². The largest absolute Gasteiger partial charge is 0.379 e. The van der Waals surface area contributed by atoms with Crippen LogP contribution in [-0.4, -0.2) is 90.7 Å². The SMILES string of the molecule is Cc1ccc(NC(=O)C2C3C=CC4(O3)C2C(=O)N(CCN2CCOCC2)C4C(=O)NC2CCCC(C)C2C)cc1Cl. The van der Waals surface area contributed by atoms with Gasteiger partial charge in [0.1, 0.15) is 11.6 Å². The molecule has 2 N–H and O–H groups in total. The zero-order valence-corrected chi connectivity index (χ0v) is 24.9. The lowest BCUT2D eigenvalue weighted by Gasteiger charge is -2.38. The Balaban J connectivity index is 1.27. The molecule has 222 valence electrons. The van der Waals surface area contributed by atoms with Crippen LogP contribution in [0.5, 0.6) is 0 Å². The Morgan fingerprint density at radius 2 is 1.90 bits per heavy atom. The number of rotatable bonds is 7. The van der Waals surface area contributed by atoms with E-state index in [1.807, 2.05) is 25.1 Å². The van der Waals surface area contributed by atoms with Gasteiger partial charge in [-0.3, -0.25) is 19.3 Å². The lowest BCUT2D eigenvalue weighted by Crippen LogP contribution is -2.58. The summed E-state index contributed by atoms with van der Waals surface area (Å²) in [5, 5.41) is 6.83. The summed E-state index contributed by atoms with van der Waals surface area (Å²) < 4.78 is 12.0. The van der Waals surface area contributed by atoms with Crippen molar-refractivity contribution in [3.05, 3.63) is 40.9 Å². The van der Waals surface area contributed by atoms with Crippen molar-refractivity contribution in [3.63, 3.8) is 0 Å². The highest BCUT2D eigenvalue weighted by Gasteiger charge is 2.72. The van der Waals surface area contributed by atoms with Crippen LogP contribution in [0.15, 0.2) is 30.4 Å². The summed E-state index contributed by atoms with van der Waals surface area (Å²) in [5.74, 6) is -1.35. The molecule has 4 heterocycles. The lowest BCUT2D eigenvalue weighted by atomic mass is 9.73. The molecule has 41 heavy (non-hydrogen) atoms. The molecule has 1 aromatic rings. The van der Waals surface area contributed by atoms with Crippen LogP contribution >= 0.6 is 11.6 Å². The Kier molecular flexibility index (Phi) is 7.91. The predicted octanol–water partition coefficient (Wildman–Crippen LogP) is 3.01. The number of fused-ring (bicyclic) bond motifs is 1. The number of carbonyl (C=O) groups is 3. The van der Waals surface area contributed by atoms with Crippen LogP contribution in [0.3, 0.4) is 0 Å². The third-order valence-corrected chi connectivity index (χ3v) is 10.6. The second kappa shape index (κ2) is 11.3. The Morgan fingerprint density at radius 3 is 2.66 bits per heavy atom. The number of hydrogen-bond donors (Lipinski definition) is 2. The number of halogens is 1. The molecule has 0 radical (unpaired) electrons. The highest BCUT2D eigenvalue weighted by Crippen LogP contribution is 2.55. The van der Waals surface area contributed by atoms with Crippen LogP contribution in [0.25, 0.3) is 0 Å². The van der Waals surface area contributed by atoms with Crippen LogP contribution in [0, 0.1) is 30.6 Å². The van der Waals surface area contributed by atoms with Crippen LogP contribution in [0.2, 0.25) is 5.02 Å². The maximum atomic E-state index is 14.2. The van der Waals surface area contributed by atoms with Crippen molar-refractivity contribution < 1.29 is 23.9 Å². The fourth-order valence-corrected chi connectivity index (χ4v) is 7.71. The van der Waals surface area contributed by atoms with Crippen molar-refractivity contribution in [3.8, 4) is 0 Å². The number of carbonyl (C=O) groups excluding carboxylic acids is 3. The summed E-state index contributed by atoms with van der Waals surface area (Å²) in [6.07, 6.45) is 6.30. The first-order valence-electron chi connectivity index (χ1n) is 15.0. The minimum atomic E-state index is -1.17. The summed E-state index contributed by atoms with van der Waals surface area (Å²) in [6.45, 7) is 10.2. The van der Waals surface area contributed by atoms with Crippen molar-refractivity contribution >= 4 is 35.0 Å². The molecule has 4 fully saturated rings. The molecule has 6 rings (SSSR count). The minimum Gasteiger partial charge on any atom is -0.379 e. The fraction of sp³-hybridized carbons (Fsp3) is 0.645. The van der Waals surface area contributed by atoms with E-state index in [2.05, 4.69) is 29.4 Å². The van der Waals surface area contributed by atoms with Crippen LogP contribution in [0.1, 0.15) is 38.7 Å². The first kappa shape index (κ1) is 28.6. The van der Waals surface area contributed by atoms with E-state index in [4.69, 9.17) is 21.1 Å². The standard InChI is InChI=1S/C31H41ClN4O5/c1-18-5-4-6-23(20(18)3)34-29(38)27-31-10-9-24(41-31)25(28(37)33-21-8-7-19(2)22(32)17-21)26(31)30(39)36(27)12-11-35-13-15-40-16-14-35/h7-10,17-18,20,23-27H,4-6,11-16H2,1-3H3,(H,33,37)(H,34,38). The zero-order chi connectivity index (χ0) is 28.9. The van der Waals surface area contributed by atoms with Gasteiger partial charge in [0.2, 0.25) is 17.7 Å². The van der Waals surface area contributed by atoms with Gasteiger partial charge in [0.05, 0.1) is 31.2 Å². The zero-order valence-electron chi connectivity index (χ0n) is 24.1. The molecule has 8 unspecified atom stereocenters. The van der Waals surface area contributed by atoms with E-state index in [1.54, 1.807) is 17.0 Å². The first-order valence-corrected chi connectivity index (χ1v) is 15.4. The van der Waals surface area contributed by atoms with E-state index in [1.165, 1.54) is 0 Å². The van der Waals surface area contributed by atoms with Crippen molar-refractivity contribution in [1.82, 2.24) is 15.1 Å². The molecule has 1 spiro atoms. The molecule has 10 heteroatoms. The summed E-state index contributed by atoms with van der Waals surface area (Å²) in [4.78, 5) is 46.0. The van der Waals surface area contributed by atoms with Gasteiger partial charge in [-0.05, 0) is 42.9 Å². The summed E-state index contributed by atoms with van der Waals surface area (Å²) in [5.41, 5.74) is 0.302. The number of anilines is 1. The normalized spacial score (nSPS) is 36.4. The van der Waals surface area contributed by atoms with Gasteiger partial charge >= 0.3 is 0 Å². The van der Waals surface area contributed by atoms with Crippen LogP contribution < -0.4 is 10.6 Å². The Morgan fingerprint density at radius 1 is 1.12 bits per heavy atom. The molecule has 1 aromatic carbocycles. The Labute approximate surface area is 246 Å². The Bertz CT molecular complexity index is 1230. The maximum Gasteiger partial charge on any atom is 0.246 e. The summed E-state index contributed by atoms with van der Waals surface area (Å²) >= 11 is 6.30. The second-order valence-corrected chi connectivity index (χ2v) is 12.9. The molecule has 0 aromatic heterocycles. The van der Waals surface area contributed by atoms with Crippen LogP contribution in [0.4, 0.5) is 5.69 Å². The molecular formula is C31H41ClN4O5. The number of ether oxygens (including phenoxy) is 2. The molecule has 5 aliphatic rings. The molecule has 8 atom stereocenters. The monoisotopic (exact) mass is 584 g/mol. The van der Waals surface area contributed by atoms with Gasteiger partial charge in [-0.25, -0.2) is 0 Å². The van der Waals surface area contributed by atoms with Gasteiger partial charge in [0, 0.05) is 42.9 Å². The van der Waals surface area contributed by atoms with Crippen molar-refractivity contribution in [2.45, 2.75) is 63.8 Å².